The van der Waals surface area contributed by atoms with Crippen LogP contribution in [0, 0.1) is 0 Å². The Morgan fingerprint density at radius 2 is 2.23 bits per heavy atom. The summed E-state index contributed by atoms with van der Waals surface area (Å²) in [6, 6.07) is 5.26. The van der Waals surface area contributed by atoms with Gasteiger partial charge in [-0.25, -0.2) is 0 Å². The molecule has 4 heteroatoms. The maximum absolute atomic E-state index is 5.93. The van der Waals surface area contributed by atoms with E-state index in [0.29, 0.717) is 11.0 Å². The van der Waals surface area contributed by atoms with Gasteiger partial charge in [-0.3, -0.25) is 0 Å². The van der Waals surface area contributed by atoms with E-state index in [-0.39, 0.29) is 6.04 Å². The predicted octanol–water partition coefficient (Wildman–Crippen LogP) is 3.04. The number of hydrogen-bond acceptors (Lipinski definition) is 3. The largest absolute Gasteiger partial charge is 0.448 e. The molecule has 2 rings (SSSR count). The van der Waals surface area contributed by atoms with Gasteiger partial charge in [-0.2, -0.15) is 11.3 Å². The average molecular weight is 214 g/mol. The van der Waals surface area contributed by atoms with E-state index in [9.17, 15) is 0 Å². The second-order valence-electron chi connectivity index (χ2n) is 2.68. The smallest absolute Gasteiger partial charge is 0.193 e. The summed E-state index contributed by atoms with van der Waals surface area (Å²) in [5.74, 6) is 0.698. The summed E-state index contributed by atoms with van der Waals surface area (Å²) in [7, 11) is 0. The fourth-order valence-corrected chi connectivity index (χ4v) is 1.96. The average Bonchev–Trinajstić information content (AvgIpc) is 2.72. The van der Waals surface area contributed by atoms with E-state index in [1.807, 2.05) is 16.8 Å². The maximum Gasteiger partial charge on any atom is 0.193 e. The Bertz CT molecular complexity index is 382. The number of nitrogens with two attached hydrogens (primary N) is 1. The van der Waals surface area contributed by atoms with Crippen LogP contribution in [-0.4, -0.2) is 0 Å². The molecule has 0 aliphatic carbocycles. The highest BCUT2D eigenvalue weighted by Gasteiger charge is 2.12. The van der Waals surface area contributed by atoms with Crippen molar-refractivity contribution in [3.8, 4) is 0 Å². The zero-order chi connectivity index (χ0) is 9.26. The van der Waals surface area contributed by atoms with E-state index < -0.39 is 0 Å². The van der Waals surface area contributed by atoms with Crippen LogP contribution >= 0.6 is 22.9 Å². The maximum atomic E-state index is 5.93. The fourth-order valence-electron chi connectivity index (χ4n) is 1.11. The molecule has 0 fully saturated rings. The summed E-state index contributed by atoms with van der Waals surface area (Å²) in [5, 5.41) is 4.36. The van der Waals surface area contributed by atoms with E-state index in [4.69, 9.17) is 21.8 Å². The van der Waals surface area contributed by atoms with E-state index in [2.05, 4.69) is 0 Å². The van der Waals surface area contributed by atoms with Crippen molar-refractivity contribution in [2.45, 2.75) is 6.04 Å². The molecule has 2 aromatic rings. The minimum Gasteiger partial charge on any atom is -0.448 e. The second-order valence-corrected chi connectivity index (χ2v) is 3.83. The first-order chi connectivity index (χ1) is 6.27. The lowest BCUT2D eigenvalue weighted by Crippen LogP contribution is -2.09. The number of hydrogen-bond donors (Lipinski definition) is 1. The first-order valence-electron chi connectivity index (χ1n) is 3.80. The van der Waals surface area contributed by atoms with Crippen LogP contribution in [0.1, 0.15) is 17.4 Å². The van der Waals surface area contributed by atoms with E-state index in [1.165, 1.54) is 0 Å². The van der Waals surface area contributed by atoms with Crippen molar-refractivity contribution in [1.82, 2.24) is 0 Å². The molecule has 2 N–H and O–H groups in total. The third-order valence-electron chi connectivity index (χ3n) is 1.80. The van der Waals surface area contributed by atoms with Crippen molar-refractivity contribution in [2.24, 2.45) is 5.73 Å². The standard InChI is InChI=1S/C9H8ClNOS/c10-8-2-1-7(12-8)9(11)6-3-4-13-5-6/h1-5,9H,11H2/t9-/m1/s1. The third kappa shape index (κ3) is 1.77. The lowest BCUT2D eigenvalue weighted by molar-refractivity contribution is 0.492. The van der Waals surface area contributed by atoms with Crippen LogP contribution in [-0.2, 0) is 0 Å². The Morgan fingerprint density at radius 1 is 1.38 bits per heavy atom. The third-order valence-corrected chi connectivity index (χ3v) is 2.71. The van der Waals surface area contributed by atoms with Gasteiger partial charge in [-0.05, 0) is 46.1 Å². The lowest BCUT2D eigenvalue weighted by atomic mass is 10.1. The highest BCUT2D eigenvalue weighted by atomic mass is 35.5. The van der Waals surface area contributed by atoms with Crippen molar-refractivity contribution >= 4 is 22.9 Å². The summed E-state index contributed by atoms with van der Waals surface area (Å²) >= 11 is 7.26. The van der Waals surface area contributed by atoms with Gasteiger partial charge in [-0.15, -0.1) is 0 Å². The molecule has 2 nitrogen and oxygen atoms in total. The van der Waals surface area contributed by atoms with E-state index >= 15 is 0 Å². The van der Waals surface area contributed by atoms with Gasteiger partial charge in [-0.1, -0.05) is 0 Å². The van der Waals surface area contributed by atoms with Gasteiger partial charge in [0, 0.05) is 0 Å². The monoisotopic (exact) mass is 213 g/mol. The quantitative estimate of drug-likeness (QED) is 0.833. The van der Waals surface area contributed by atoms with Crippen LogP contribution in [0.15, 0.2) is 33.4 Å². The molecule has 0 aliphatic heterocycles. The lowest BCUT2D eigenvalue weighted by Gasteiger charge is -2.04. The van der Waals surface area contributed by atoms with Crippen LogP contribution in [0.25, 0.3) is 0 Å². The number of halogens is 1. The van der Waals surface area contributed by atoms with Crippen LogP contribution < -0.4 is 5.73 Å². The van der Waals surface area contributed by atoms with Crippen LogP contribution in [0.4, 0.5) is 0 Å². The van der Waals surface area contributed by atoms with Crippen molar-refractivity contribution in [3.63, 3.8) is 0 Å². The summed E-state index contributed by atoms with van der Waals surface area (Å²) < 4.78 is 5.21. The van der Waals surface area contributed by atoms with E-state index in [1.54, 1.807) is 23.5 Å². The van der Waals surface area contributed by atoms with Gasteiger partial charge in [0.2, 0.25) is 0 Å². The van der Waals surface area contributed by atoms with Crippen molar-refractivity contribution in [1.29, 1.82) is 0 Å². The Hall–Kier alpha value is -0.770. The molecule has 0 bridgehead atoms. The molecule has 0 amide bonds. The van der Waals surface area contributed by atoms with Gasteiger partial charge in [0.15, 0.2) is 5.22 Å². The second kappa shape index (κ2) is 3.54. The molecule has 0 aromatic carbocycles. The molecule has 0 saturated heterocycles. The molecule has 0 aliphatic rings. The van der Waals surface area contributed by atoms with Crippen LogP contribution in [0.5, 0.6) is 0 Å². The molecule has 13 heavy (non-hydrogen) atoms. The van der Waals surface area contributed by atoms with Gasteiger partial charge >= 0.3 is 0 Å². The minimum absolute atomic E-state index is 0.209. The van der Waals surface area contributed by atoms with Crippen molar-refractivity contribution < 1.29 is 4.42 Å². The first kappa shape index (κ1) is 8.81. The summed E-state index contributed by atoms with van der Waals surface area (Å²) in [5.41, 5.74) is 6.98. The summed E-state index contributed by atoms with van der Waals surface area (Å²) in [6.07, 6.45) is 0. The zero-order valence-corrected chi connectivity index (χ0v) is 8.31. The molecule has 68 valence electrons. The topological polar surface area (TPSA) is 39.2 Å². The molecule has 0 radical (unpaired) electrons. The van der Waals surface area contributed by atoms with Gasteiger partial charge < -0.3 is 10.2 Å². The molecule has 0 spiro atoms. The molecule has 2 aromatic heterocycles. The van der Waals surface area contributed by atoms with Crippen LogP contribution in [0.2, 0.25) is 5.22 Å². The Morgan fingerprint density at radius 3 is 2.77 bits per heavy atom. The fraction of sp³-hybridized carbons (Fsp3) is 0.111. The molecule has 2 heterocycles. The number of rotatable bonds is 2. The minimum atomic E-state index is -0.209. The van der Waals surface area contributed by atoms with Crippen molar-refractivity contribution in [3.05, 3.63) is 45.5 Å². The van der Waals surface area contributed by atoms with Gasteiger partial charge in [0.25, 0.3) is 0 Å². The number of furan rings is 1. The van der Waals surface area contributed by atoms with Gasteiger partial charge in [0.1, 0.15) is 5.76 Å². The normalized spacial score (nSPS) is 13.1. The Labute approximate surface area is 84.9 Å². The molecule has 0 unspecified atom stereocenters. The van der Waals surface area contributed by atoms with E-state index in [0.717, 1.165) is 5.56 Å². The molecular formula is C9H8ClNOS. The van der Waals surface area contributed by atoms with Gasteiger partial charge in [0.05, 0.1) is 6.04 Å². The highest BCUT2D eigenvalue weighted by Crippen LogP contribution is 2.24. The summed E-state index contributed by atoms with van der Waals surface area (Å²) in [4.78, 5) is 0. The summed E-state index contributed by atoms with van der Waals surface area (Å²) in [6.45, 7) is 0. The Kier molecular flexibility index (Phi) is 2.40. The predicted molar refractivity (Wildman–Crippen MR) is 54.1 cm³/mol. The zero-order valence-electron chi connectivity index (χ0n) is 6.74. The van der Waals surface area contributed by atoms with Crippen LogP contribution in [0.3, 0.4) is 0 Å². The molecule has 0 saturated carbocycles. The first-order valence-corrected chi connectivity index (χ1v) is 5.12. The molecule has 1 atom stereocenters. The van der Waals surface area contributed by atoms with Crippen molar-refractivity contribution in [2.75, 3.05) is 0 Å². The Balaban J connectivity index is 2.28. The highest BCUT2D eigenvalue weighted by molar-refractivity contribution is 7.07. The molecular weight excluding hydrogens is 206 g/mol. The SMILES string of the molecule is N[C@H](c1ccsc1)c1ccc(Cl)o1. The number of thiophene rings is 1.